The molecule has 0 spiro atoms. The van der Waals surface area contributed by atoms with Crippen LogP contribution in [0.3, 0.4) is 0 Å². The Morgan fingerprint density at radius 3 is 2.11 bits per heavy atom. The quantitative estimate of drug-likeness (QED) is 0.0523. The third-order valence-electron chi connectivity index (χ3n) is 10.4. The zero-order chi connectivity index (χ0) is 48.7. The van der Waals surface area contributed by atoms with Crippen LogP contribution < -0.4 is 16.6 Å². The van der Waals surface area contributed by atoms with Crippen LogP contribution in [-0.4, -0.2) is 138 Å². The third-order valence-corrected chi connectivity index (χ3v) is 18.4. The molecule has 24 heteroatoms. The Bertz CT molecular complexity index is 1910. The number of anilines is 1. The molecule has 5 N–H and O–H groups in total. The molecule has 1 amide bonds. The predicted molar refractivity (Wildman–Crippen MR) is 249 cm³/mol. The maximum atomic E-state index is 13.3. The van der Waals surface area contributed by atoms with Crippen LogP contribution in [0.25, 0.3) is 11.2 Å². The molecule has 1 saturated carbocycles. The minimum absolute atomic E-state index is 0.0181. The van der Waals surface area contributed by atoms with E-state index in [1.807, 2.05) is 39.3 Å². The predicted octanol–water partition coefficient (Wildman–Crippen LogP) is 5.01. The van der Waals surface area contributed by atoms with E-state index in [1.54, 1.807) is 13.8 Å². The van der Waals surface area contributed by atoms with Crippen molar-refractivity contribution < 1.29 is 65.1 Å². The zero-order valence-corrected chi connectivity index (χ0v) is 43.2. The fourth-order valence-electron chi connectivity index (χ4n) is 7.38. The molecule has 2 aliphatic rings. The standard InChI is InChI=1S/C42H74N6O15Si3/c1-28(2)39(52)60-40(53)31(25-29(3)49)56-24-23-55-22-21-44-42(54)59-35-34(50)32(58-38(35)48-27-45-33-36(48)46-41(43)47-37(33)51)26-57-66(62-64(4,5)6,63-65(7,8)9)61-30-19-17-15-13-11-10-12-14-16-18-20-30/h27-28,30-32,34-35,38,50H,10-26H2,1-9H3,(H,44,54)(H3,43,46,47,51)/t31?,32-,34-,35-,38-/m1/s1. The van der Waals surface area contributed by atoms with E-state index in [-0.39, 0.29) is 68.4 Å². The summed E-state index contributed by atoms with van der Waals surface area (Å²) in [4.78, 5) is 73.0. The van der Waals surface area contributed by atoms with E-state index in [0.717, 1.165) is 38.5 Å². The highest BCUT2D eigenvalue weighted by atomic mass is 28.5. The number of Topliss-reactive ketones (excluding diaryl/α,β-unsaturated/α-hetero) is 1. The molecule has 0 bridgehead atoms. The normalized spacial score (nSPS) is 21.3. The molecule has 66 heavy (non-hydrogen) atoms. The summed E-state index contributed by atoms with van der Waals surface area (Å²) in [6.07, 6.45) is 5.39. The lowest BCUT2D eigenvalue weighted by molar-refractivity contribution is -0.171. The van der Waals surface area contributed by atoms with Crippen molar-refractivity contribution in [2.45, 2.75) is 174 Å². The van der Waals surface area contributed by atoms with E-state index >= 15 is 0 Å². The lowest BCUT2D eigenvalue weighted by Crippen LogP contribution is -2.61. The summed E-state index contributed by atoms with van der Waals surface area (Å²) in [6.45, 7) is 16.2. The summed E-state index contributed by atoms with van der Waals surface area (Å²) < 4.78 is 56.9. The molecule has 2 aromatic heterocycles. The van der Waals surface area contributed by atoms with Gasteiger partial charge in [-0.3, -0.25) is 23.9 Å². The minimum atomic E-state index is -3.96. The molecule has 3 heterocycles. The van der Waals surface area contributed by atoms with Gasteiger partial charge in [0.2, 0.25) is 5.95 Å². The van der Waals surface area contributed by atoms with Crippen LogP contribution >= 0.6 is 0 Å². The first-order valence-corrected chi connectivity index (χ1v) is 31.7. The Morgan fingerprint density at radius 2 is 1.53 bits per heavy atom. The van der Waals surface area contributed by atoms with Crippen molar-refractivity contribution in [3.05, 3.63) is 16.7 Å². The van der Waals surface area contributed by atoms with Crippen LogP contribution in [0.15, 0.2) is 11.1 Å². The van der Waals surface area contributed by atoms with E-state index < -0.39 is 85.8 Å². The van der Waals surface area contributed by atoms with Crippen LogP contribution in [0.4, 0.5) is 10.7 Å². The van der Waals surface area contributed by atoms with Gasteiger partial charge in [-0.05, 0) is 59.0 Å². The van der Waals surface area contributed by atoms with Gasteiger partial charge in [-0.15, -0.1) is 0 Å². The van der Waals surface area contributed by atoms with Gasteiger partial charge in [0.25, 0.3) is 5.56 Å². The maximum absolute atomic E-state index is 13.3. The van der Waals surface area contributed by atoms with Crippen LogP contribution in [-0.2, 0) is 55.2 Å². The Hall–Kier alpha value is -3.44. The van der Waals surface area contributed by atoms with Gasteiger partial charge in [-0.2, -0.15) is 4.98 Å². The number of esters is 2. The smallest absolute Gasteiger partial charge is 0.439 e. The number of aromatic amines is 1. The molecule has 1 aliphatic carbocycles. The van der Waals surface area contributed by atoms with E-state index in [0.29, 0.717) is 0 Å². The van der Waals surface area contributed by atoms with Gasteiger partial charge in [-0.25, -0.2) is 14.6 Å². The number of nitrogens with zero attached hydrogens (tertiary/aromatic N) is 3. The van der Waals surface area contributed by atoms with Gasteiger partial charge in [0.1, 0.15) is 18.0 Å². The Morgan fingerprint density at radius 1 is 0.924 bits per heavy atom. The van der Waals surface area contributed by atoms with Crippen LogP contribution in [0, 0.1) is 5.92 Å². The lowest BCUT2D eigenvalue weighted by atomic mass is 10.00. The van der Waals surface area contributed by atoms with Gasteiger partial charge < -0.3 is 56.9 Å². The topological polar surface area (TPSA) is 273 Å². The number of amides is 1. The Kier molecular flexibility index (Phi) is 21.6. The summed E-state index contributed by atoms with van der Waals surface area (Å²) >= 11 is 0. The highest BCUT2D eigenvalue weighted by Gasteiger charge is 2.56. The van der Waals surface area contributed by atoms with Crippen molar-refractivity contribution >= 4 is 66.6 Å². The number of rotatable bonds is 22. The van der Waals surface area contributed by atoms with Crippen molar-refractivity contribution in [2.24, 2.45) is 5.92 Å². The van der Waals surface area contributed by atoms with Crippen molar-refractivity contribution in [3.8, 4) is 0 Å². The highest BCUT2D eigenvalue weighted by Crippen LogP contribution is 2.36. The van der Waals surface area contributed by atoms with Gasteiger partial charge in [-0.1, -0.05) is 71.6 Å². The molecule has 374 valence electrons. The van der Waals surface area contributed by atoms with Gasteiger partial charge in [0.05, 0.1) is 44.8 Å². The first-order valence-electron chi connectivity index (χ1n) is 23.2. The van der Waals surface area contributed by atoms with Crippen molar-refractivity contribution in [2.75, 3.05) is 38.7 Å². The fourth-order valence-corrected chi connectivity index (χ4v) is 15.9. The average Bonchev–Trinajstić information content (AvgIpc) is 3.75. The number of aliphatic hydroxyl groups excluding tert-OH is 1. The highest BCUT2D eigenvalue weighted by molar-refractivity contribution is 6.83. The number of ether oxygens (including phenoxy) is 5. The number of nitrogen functional groups attached to an aromatic ring is 1. The summed E-state index contributed by atoms with van der Waals surface area (Å²) in [5, 5.41) is 14.5. The molecule has 0 aromatic carbocycles. The largest absolute Gasteiger partial charge is 0.658 e. The first-order chi connectivity index (χ1) is 31.1. The number of aliphatic hydroxyl groups is 1. The number of nitrogens with two attached hydrogens (primary N) is 1. The SMILES string of the molecule is CC(=O)CC(OCCOCCNC(=O)O[C@@H]1[C@H](O)[C@@H](CO[Si](OC2CCCCCCCCCCC2)(O[Si](C)(C)C)O[Si](C)(C)C)O[C@H]1n1cnc2c(=O)[nH]c(N)nc21)C(=O)OC(=O)C(C)C. The molecule has 21 nitrogen and oxygen atoms in total. The number of hydrogen-bond acceptors (Lipinski definition) is 18. The van der Waals surface area contributed by atoms with E-state index in [1.165, 1.54) is 49.9 Å². The average molecular weight is 987 g/mol. The monoisotopic (exact) mass is 986 g/mol. The van der Waals surface area contributed by atoms with Crippen LogP contribution in [0.2, 0.25) is 39.3 Å². The molecule has 2 aromatic rings. The number of H-pyrrole nitrogens is 1. The first kappa shape index (κ1) is 55.2. The van der Waals surface area contributed by atoms with Crippen molar-refractivity contribution in [1.82, 2.24) is 24.8 Å². The maximum Gasteiger partial charge on any atom is 0.658 e. The molecule has 5 atom stereocenters. The number of carbonyl (C=O) groups excluding carboxylic acids is 4. The van der Waals surface area contributed by atoms with Gasteiger partial charge in [0, 0.05) is 13.0 Å². The zero-order valence-electron chi connectivity index (χ0n) is 40.2. The molecule has 4 rings (SSSR count). The molecule has 0 radical (unpaired) electrons. The Labute approximate surface area is 390 Å². The molecular formula is C42H74N6O15Si3. The number of carbonyl (C=O) groups is 4. The summed E-state index contributed by atoms with van der Waals surface area (Å²) in [5.41, 5.74) is 5.29. The number of aromatic nitrogens is 4. The number of alkyl carbamates (subject to hydrolysis) is 1. The number of imidazole rings is 1. The van der Waals surface area contributed by atoms with Crippen LogP contribution in [0.5, 0.6) is 0 Å². The number of fused-ring (bicyclic) bond motifs is 1. The summed E-state index contributed by atoms with van der Waals surface area (Å²) in [5.74, 6) is -2.77. The Balaban J connectivity index is 1.49. The van der Waals surface area contributed by atoms with E-state index in [2.05, 4.69) is 20.3 Å². The number of hydrogen-bond donors (Lipinski definition) is 4. The lowest BCUT2D eigenvalue weighted by Gasteiger charge is -2.40. The number of ketones is 1. The minimum Gasteiger partial charge on any atom is -0.439 e. The fraction of sp³-hybridized carbons (Fsp3) is 0.786. The summed E-state index contributed by atoms with van der Waals surface area (Å²) in [6, 6.07) is 0. The van der Waals surface area contributed by atoms with E-state index in [9.17, 15) is 29.1 Å². The van der Waals surface area contributed by atoms with Crippen LogP contribution in [0.1, 0.15) is 104 Å². The van der Waals surface area contributed by atoms with Gasteiger partial charge >= 0.3 is 27.1 Å². The second-order valence-corrected chi connectivity index (χ2v) is 30.7. The molecule has 1 aliphatic heterocycles. The molecule has 1 unspecified atom stereocenters. The summed E-state index contributed by atoms with van der Waals surface area (Å²) in [7, 11) is -8.77. The van der Waals surface area contributed by atoms with Gasteiger partial charge in [0.15, 0.2) is 46.2 Å². The van der Waals surface area contributed by atoms with E-state index in [4.69, 9.17) is 46.5 Å². The third kappa shape index (κ3) is 18.2. The second-order valence-electron chi connectivity index (χ2n) is 19.1. The van der Waals surface area contributed by atoms with Crippen molar-refractivity contribution in [1.29, 1.82) is 0 Å². The molecule has 2 fully saturated rings. The van der Waals surface area contributed by atoms with Crippen molar-refractivity contribution in [3.63, 3.8) is 0 Å². The molecule has 1 saturated heterocycles. The molecular weight excluding hydrogens is 913 g/mol. The second kappa shape index (κ2) is 25.8. The number of nitrogens with one attached hydrogen (secondary N) is 2.